The Morgan fingerprint density at radius 1 is 0.824 bits per heavy atom. The molecule has 0 radical (unpaired) electrons. The summed E-state index contributed by atoms with van der Waals surface area (Å²) < 4.78 is 63.6. The highest BCUT2D eigenvalue weighted by molar-refractivity contribution is 7.98. The van der Waals surface area contributed by atoms with Gasteiger partial charge in [-0.15, -0.1) is 11.8 Å². The van der Waals surface area contributed by atoms with Crippen molar-refractivity contribution in [3.05, 3.63) is 90.3 Å². The van der Waals surface area contributed by atoms with Crippen molar-refractivity contribution in [2.24, 2.45) is 0 Å². The molecule has 0 aliphatic carbocycles. The van der Waals surface area contributed by atoms with Crippen LogP contribution in [-0.4, -0.2) is 25.0 Å². The van der Waals surface area contributed by atoms with Gasteiger partial charge in [0.15, 0.2) is 0 Å². The number of halogens is 3. The fourth-order valence-corrected chi connectivity index (χ4v) is 4.40. The SMILES string of the molecule is CSc1ccc(-c2nc(C(F)(F)F)nc(-c3ccc(CS(=O)[O-])cc3)c2-c2ccccc2)cc1. The molecule has 0 aliphatic heterocycles. The van der Waals surface area contributed by atoms with Gasteiger partial charge in [0, 0.05) is 27.3 Å². The molecule has 3 aromatic carbocycles. The summed E-state index contributed by atoms with van der Waals surface area (Å²) >= 11 is -0.745. The Kier molecular flexibility index (Phi) is 7.16. The number of benzene rings is 3. The lowest BCUT2D eigenvalue weighted by atomic mass is 9.94. The molecular weight excluding hydrogens is 481 g/mol. The second kappa shape index (κ2) is 10.1. The topological polar surface area (TPSA) is 65.9 Å². The zero-order valence-corrected chi connectivity index (χ0v) is 19.5. The molecule has 0 spiro atoms. The molecule has 4 nitrogen and oxygen atoms in total. The van der Waals surface area contributed by atoms with Gasteiger partial charge in [-0.1, -0.05) is 77.8 Å². The first kappa shape index (κ1) is 24.1. The average Bonchev–Trinajstić information content (AvgIpc) is 2.83. The van der Waals surface area contributed by atoms with Crippen LogP contribution in [-0.2, 0) is 23.0 Å². The van der Waals surface area contributed by atoms with Gasteiger partial charge in [-0.25, -0.2) is 9.97 Å². The van der Waals surface area contributed by atoms with Crippen LogP contribution >= 0.6 is 11.8 Å². The Morgan fingerprint density at radius 2 is 1.35 bits per heavy atom. The predicted octanol–water partition coefficient (Wildman–Crippen LogP) is 6.60. The van der Waals surface area contributed by atoms with Crippen molar-refractivity contribution in [1.82, 2.24) is 9.97 Å². The van der Waals surface area contributed by atoms with Crippen molar-refractivity contribution in [3.63, 3.8) is 0 Å². The number of nitrogens with zero attached hydrogens (tertiary/aromatic N) is 2. The third kappa shape index (κ3) is 5.38. The fourth-order valence-electron chi connectivity index (χ4n) is 3.53. The van der Waals surface area contributed by atoms with Gasteiger partial charge in [-0.2, -0.15) is 13.2 Å². The Balaban J connectivity index is 2.01. The zero-order valence-electron chi connectivity index (χ0n) is 17.9. The van der Waals surface area contributed by atoms with E-state index in [1.165, 1.54) is 11.8 Å². The van der Waals surface area contributed by atoms with Gasteiger partial charge in [0.2, 0.25) is 5.82 Å². The molecular formula is C25H18F3N2O2S2-. The Bertz CT molecular complexity index is 1310. The first-order valence-electron chi connectivity index (χ1n) is 10.1. The van der Waals surface area contributed by atoms with E-state index in [1.807, 2.05) is 24.5 Å². The Labute approximate surface area is 201 Å². The highest BCUT2D eigenvalue weighted by Gasteiger charge is 2.37. The molecule has 4 aromatic rings. The van der Waals surface area contributed by atoms with Gasteiger partial charge in [0.1, 0.15) is 0 Å². The molecule has 0 amide bonds. The summed E-state index contributed by atoms with van der Waals surface area (Å²) in [6.45, 7) is 0. The highest BCUT2D eigenvalue weighted by atomic mass is 32.2. The van der Waals surface area contributed by atoms with Crippen molar-refractivity contribution in [2.45, 2.75) is 16.8 Å². The molecule has 0 fully saturated rings. The molecule has 1 unspecified atom stereocenters. The van der Waals surface area contributed by atoms with E-state index in [9.17, 15) is 21.9 Å². The molecule has 34 heavy (non-hydrogen) atoms. The molecule has 0 bridgehead atoms. The van der Waals surface area contributed by atoms with Crippen molar-refractivity contribution in [2.75, 3.05) is 6.26 Å². The molecule has 4 rings (SSSR count). The molecule has 9 heteroatoms. The van der Waals surface area contributed by atoms with Crippen LogP contribution in [0, 0.1) is 0 Å². The summed E-state index contributed by atoms with van der Waals surface area (Å²) in [5.74, 6) is -1.42. The van der Waals surface area contributed by atoms with Crippen LogP contribution in [0.5, 0.6) is 0 Å². The largest absolute Gasteiger partial charge is 0.772 e. The molecule has 0 N–H and O–H groups in total. The van der Waals surface area contributed by atoms with Crippen LogP contribution in [0.3, 0.4) is 0 Å². The van der Waals surface area contributed by atoms with Gasteiger partial charge in [-0.3, -0.25) is 4.21 Å². The van der Waals surface area contributed by atoms with Crippen LogP contribution in [0.1, 0.15) is 11.4 Å². The van der Waals surface area contributed by atoms with Gasteiger partial charge < -0.3 is 4.55 Å². The standard InChI is InChI=1S/C25H19F3N2O2S2/c1-33-20-13-11-19(12-14-20)23-21(17-5-3-2-4-6-17)22(29-24(30-23)25(26,27)28)18-9-7-16(8-10-18)15-34(31)32/h2-14H,15H2,1H3,(H,31,32)/p-1. The van der Waals surface area contributed by atoms with Gasteiger partial charge >= 0.3 is 6.18 Å². The minimum absolute atomic E-state index is 0.118. The number of hydrogen-bond acceptors (Lipinski definition) is 5. The molecule has 0 aliphatic rings. The lowest BCUT2D eigenvalue weighted by molar-refractivity contribution is -0.144. The van der Waals surface area contributed by atoms with Crippen LogP contribution in [0.4, 0.5) is 13.2 Å². The molecule has 174 valence electrons. The monoisotopic (exact) mass is 499 g/mol. The van der Waals surface area contributed by atoms with E-state index in [0.29, 0.717) is 27.8 Å². The van der Waals surface area contributed by atoms with E-state index in [1.54, 1.807) is 60.7 Å². The first-order valence-corrected chi connectivity index (χ1v) is 12.6. The Hall–Kier alpha value is -3.01. The van der Waals surface area contributed by atoms with Gasteiger partial charge in [0.05, 0.1) is 11.4 Å². The van der Waals surface area contributed by atoms with E-state index >= 15 is 0 Å². The summed E-state index contributed by atoms with van der Waals surface area (Å²) in [5, 5.41) is 0. The van der Waals surface area contributed by atoms with Gasteiger partial charge in [-0.05, 0) is 29.5 Å². The summed E-state index contributed by atoms with van der Waals surface area (Å²) in [5.41, 5.74) is 2.90. The van der Waals surface area contributed by atoms with Crippen molar-refractivity contribution in [1.29, 1.82) is 0 Å². The number of aromatic nitrogens is 2. The van der Waals surface area contributed by atoms with Crippen molar-refractivity contribution >= 4 is 22.8 Å². The van der Waals surface area contributed by atoms with Gasteiger partial charge in [0.25, 0.3) is 0 Å². The third-order valence-electron chi connectivity index (χ3n) is 5.10. The fraction of sp³-hybridized carbons (Fsp3) is 0.120. The number of hydrogen-bond donors (Lipinski definition) is 0. The van der Waals surface area contributed by atoms with Crippen LogP contribution in [0.15, 0.2) is 83.8 Å². The molecule has 1 heterocycles. The lowest BCUT2D eigenvalue weighted by Gasteiger charge is -2.18. The summed E-state index contributed by atoms with van der Waals surface area (Å²) in [6.07, 6.45) is -2.83. The minimum atomic E-state index is -4.75. The number of alkyl halides is 3. The maximum absolute atomic E-state index is 13.8. The van der Waals surface area contributed by atoms with E-state index in [4.69, 9.17) is 0 Å². The first-order chi connectivity index (χ1) is 16.3. The summed E-state index contributed by atoms with van der Waals surface area (Å²) in [6, 6.07) is 22.5. The zero-order chi connectivity index (χ0) is 24.3. The molecule has 1 atom stereocenters. The molecule has 1 aromatic heterocycles. The maximum Gasteiger partial charge on any atom is 0.451 e. The number of thioether (sulfide) groups is 1. The second-order valence-corrected chi connectivity index (χ2v) is 9.13. The van der Waals surface area contributed by atoms with Crippen LogP contribution < -0.4 is 0 Å². The van der Waals surface area contributed by atoms with E-state index in [-0.39, 0.29) is 17.1 Å². The van der Waals surface area contributed by atoms with E-state index in [0.717, 1.165) is 4.90 Å². The smallest absolute Gasteiger partial charge is 0.451 e. The number of rotatable bonds is 6. The van der Waals surface area contributed by atoms with Crippen LogP contribution in [0.25, 0.3) is 33.6 Å². The van der Waals surface area contributed by atoms with E-state index in [2.05, 4.69) is 9.97 Å². The summed E-state index contributed by atoms with van der Waals surface area (Å²) in [7, 11) is 0. The maximum atomic E-state index is 13.8. The third-order valence-corrected chi connectivity index (χ3v) is 6.41. The predicted molar refractivity (Wildman–Crippen MR) is 128 cm³/mol. The molecule has 0 saturated heterocycles. The van der Waals surface area contributed by atoms with E-state index < -0.39 is 23.1 Å². The molecule has 0 saturated carbocycles. The highest BCUT2D eigenvalue weighted by Crippen LogP contribution is 2.40. The second-order valence-electron chi connectivity index (χ2n) is 7.36. The lowest BCUT2D eigenvalue weighted by Crippen LogP contribution is -2.13. The Morgan fingerprint density at radius 3 is 1.82 bits per heavy atom. The minimum Gasteiger partial charge on any atom is -0.772 e. The average molecular weight is 500 g/mol. The van der Waals surface area contributed by atoms with Crippen LogP contribution in [0.2, 0.25) is 0 Å². The van der Waals surface area contributed by atoms with Crippen molar-refractivity contribution < 1.29 is 21.9 Å². The van der Waals surface area contributed by atoms with Crippen molar-refractivity contribution in [3.8, 4) is 33.6 Å². The quantitative estimate of drug-likeness (QED) is 0.221. The normalized spacial score (nSPS) is 12.5. The summed E-state index contributed by atoms with van der Waals surface area (Å²) in [4.78, 5) is 8.88.